The van der Waals surface area contributed by atoms with Crippen molar-refractivity contribution >= 4 is 52.4 Å². The SMILES string of the molecule is CCOC(=O)CC(c1ccccc1)(c1ccccc1)C(Cl)CC(Cl)(Cl)Cl. The monoisotopic (exact) mass is 432 g/mol. The van der Waals surface area contributed by atoms with Crippen molar-refractivity contribution in [2.24, 2.45) is 0 Å². The molecule has 0 bridgehead atoms. The molecule has 0 fully saturated rings. The van der Waals surface area contributed by atoms with Crippen molar-refractivity contribution in [1.82, 2.24) is 0 Å². The van der Waals surface area contributed by atoms with E-state index in [1.807, 2.05) is 60.7 Å². The van der Waals surface area contributed by atoms with Crippen LogP contribution in [0.1, 0.15) is 30.9 Å². The second-order valence-corrected chi connectivity index (χ2v) is 9.01. The van der Waals surface area contributed by atoms with Crippen molar-refractivity contribution in [3.05, 3.63) is 71.8 Å². The minimum Gasteiger partial charge on any atom is -0.466 e. The van der Waals surface area contributed by atoms with Gasteiger partial charge in [-0.2, -0.15) is 0 Å². The molecule has 0 aliphatic carbocycles. The van der Waals surface area contributed by atoms with Gasteiger partial charge in [-0.1, -0.05) is 95.5 Å². The van der Waals surface area contributed by atoms with Gasteiger partial charge in [-0.05, 0) is 18.1 Å². The zero-order valence-corrected chi connectivity index (χ0v) is 17.3. The van der Waals surface area contributed by atoms with Crippen molar-refractivity contribution in [1.29, 1.82) is 0 Å². The highest BCUT2D eigenvalue weighted by Gasteiger charge is 2.46. The maximum atomic E-state index is 12.5. The van der Waals surface area contributed by atoms with E-state index in [0.29, 0.717) is 0 Å². The molecule has 140 valence electrons. The first-order chi connectivity index (χ1) is 12.3. The molecular weight excluding hydrogens is 414 g/mol. The number of esters is 1. The molecule has 6 heteroatoms. The molecule has 2 rings (SSSR count). The highest BCUT2D eigenvalue weighted by Crippen LogP contribution is 2.47. The predicted molar refractivity (Wildman–Crippen MR) is 109 cm³/mol. The van der Waals surface area contributed by atoms with E-state index in [-0.39, 0.29) is 25.4 Å². The maximum absolute atomic E-state index is 12.5. The number of halogens is 4. The minimum atomic E-state index is -1.55. The second-order valence-electron chi connectivity index (χ2n) is 5.97. The molecule has 0 aromatic heterocycles. The van der Waals surface area contributed by atoms with Gasteiger partial charge in [0.05, 0.1) is 18.4 Å². The van der Waals surface area contributed by atoms with E-state index in [1.165, 1.54) is 0 Å². The molecule has 1 unspecified atom stereocenters. The average molecular weight is 434 g/mol. The lowest BCUT2D eigenvalue weighted by molar-refractivity contribution is -0.144. The maximum Gasteiger partial charge on any atom is 0.307 e. The van der Waals surface area contributed by atoms with Crippen LogP contribution < -0.4 is 0 Å². The number of hydrogen-bond acceptors (Lipinski definition) is 2. The molecule has 0 radical (unpaired) electrons. The van der Waals surface area contributed by atoms with E-state index in [9.17, 15) is 4.79 Å². The van der Waals surface area contributed by atoms with Crippen LogP contribution in [0, 0.1) is 0 Å². The lowest BCUT2D eigenvalue weighted by Crippen LogP contribution is -2.42. The summed E-state index contributed by atoms with van der Waals surface area (Å²) in [5, 5.41) is -0.649. The number of hydrogen-bond donors (Lipinski definition) is 0. The van der Waals surface area contributed by atoms with Gasteiger partial charge in [-0.15, -0.1) is 11.6 Å². The van der Waals surface area contributed by atoms with Gasteiger partial charge in [0.1, 0.15) is 0 Å². The van der Waals surface area contributed by atoms with Crippen LogP contribution >= 0.6 is 46.4 Å². The Bertz CT molecular complexity index is 659. The van der Waals surface area contributed by atoms with Crippen molar-refractivity contribution in [2.75, 3.05) is 6.61 Å². The molecule has 0 aliphatic heterocycles. The third-order valence-corrected chi connectivity index (χ3v) is 5.24. The Kier molecular flexibility index (Phi) is 7.66. The molecule has 0 spiro atoms. The zero-order chi connectivity index (χ0) is 19.2. The highest BCUT2D eigenvalue weighted by molar-refractivity contribution is 6.67. The fourth-order valence-corrected chi connectivity index (χ4v) is 4.39. The van der Waals surface area contributed by atoms with E-state index in [4.69, 9.17) is 51.1 Å². The third-order valence-electron chi connectivity index (χ3n) is 4.25. The summed E-state index contributed by atoms with van der Waals surface area (Å²) in [6.07, 6.45) is 0.117. The van der Waals surface area contributed by atoms with E-state index in [0.717, 1.165) is 11.1 Å². The van der Waals surface area contributed by atoms with Gasteiger partial charge in [0.25, 0.3) is 0 Å². The summed E-state index contributed by atoms with van der Waals surface area (Å²) in [4.78, 5) is 12.5. The summed E-state index contributed by atoms with van der Waals surface area (Å²) < 4.78 is 3.68. The predicted octanol–water partition coefficient (Wildman–Crippen LogP) is 6.29. The summed E-state index contributed by atoms with van der Waals surface area (Å²) in [7, 11) is 0. The van der Waals surface area contributed by atoms with Crippen LogP contribution in [0.25, 0.3) is 0 Å². The first kappa shape index (κ1) is 21.4. The Morgan fingerprint density at radius 3 is 1.81 bits per heavy atom. The molecule has 0 heterocycles. The average Bonchev–Trinajstić information content (AvgIpc) is 2.60. The number of rotatable bonds is 7. The molecule has 2 aromatic carbocycles. The number of alkyl halides is 4. The summed E-state index contributed by atoms with van der Waals surface area (Å²) in [5.74, 6) is -0.352. The minimum absolute atomic E-state index is 0.0454. The van der Waals surface area contributed by atoms with Crippen LogP contribution in [0.5, 0.6) is 0 Å². The zero-order valence-electron chi connectivity index (χ0n) is 14.3. The van der Waals surface area contributed by atoms with Gasteiger partial charge in [0, 0.05) is 11.8 Å². The first-order valence-corrected chi connectivity index (χ1v) is 9.84. The highest BCUT2D eigenvalue weighted by atomic mass is 35.6. The second kappa shape index (κ2) is 9.32. The van der Waals surface area contributed by atoms with Crippen LogP contribution in [0.15, 0.2) is 60.7 Å². The van der Waals surface area contributed by atoms with Gasteiger partial charge in [0.15, 0.2) is 3.79 Å². The van der Waals surface area contributed by atoms with Gasteiger partial charge >= 0.3 is 5.97 Å². The molecule has 26 heavy (non-hydrogen) atoms. The summed E-state index contributed by atoms with van der Waals surface area (Å²) in [6, 6.07) is 19.1. The largest absolute Gasteiger partial charge is 0.466 e. The molecular formula is C20H20Cl4O2. The van der Waals surface area contributed by atoms with Crippen LogP contribution in [0.4, 0.5) is 0 Å². The quantitative estimate of drug-likeness (QED) is 0.378. The number of carbonyl (C=O) groups is 1. The van der Waals surface area contributed by atoms with Crippen molar-refractivity contribution in [2.45, 2.75) is 34.3 Å². The molecule has 0 N–H and O–H groups in total. The van der Waals surface area contributed by atoms with Crippen LogP contribution in [-0.2, 0) is 14.9 Å². The van der Waals surface area contributed by atoms with Crippen LogP contribution in [0.3, 0.4) is 0 Å². The van der Waals surface area contributed by atoms with Gasteiger partial charge < -0.3 is 4.74 Å². The fourth-order valence-electron chi connectivity index (χ4n) is 3.13. The number of carbonyl (C=O) groups excluding carboxylic acids is 1. The number of ether oxygens (including phenoxy) is 1. The molecule has 2 aromatic rings. The Morgan fingerprint density at radius 1 is 0.962 bits per heavy atom. The molecule has 2 nitrogen and oxygen atoms in total. The Labute approximate surface area is 174 Å². The lowest BCUT2D eigenvalue weighted by Gasteiger charge is -2.39. The fraction of sp³-hybridized carbons (Fsp3) is 0.350. The van der Waals surface area contributed by atoms with E-state index in [2.05, 4.69) is 0 Å². The van der Waals surface area contributed by atoms with Crippen molar-refractivity contribution in [3.63, 3.8) is 0 Å². The molecule has 0 amide bonds. The molecule has 1 atom stereocenters. The van der Waals surface area contributed by atoms with Gasteiger partial charge in [-0.3, -0.25) is 4.79 Å². The molecule has 0 saturated carbocycles. The van der Waals surface area contributed by atoms with E-state index >= 15 is 0 Å². The standard InChI is InChI=1S/C20H20Cl4O2/c1-2-26-18(25)14-19(15-9-5-3-6-10-15,16-11-7-4-8-12-16)17(21)13-20(22,23)24/h3-12,17H,2,13-14H2,1H3. The van der Waals surface area contributed by atoms with E-state index < -0.39 is 14.6 Å². The third kappa shape index (κ3) is 5.29. The molecule has 0 aliphatic rings. The smallest absolute Gasteiger partial charge is 0.307 e. The summed E-state index contributed by atoms with van der Waals surface area (Å²) in [6.45, 7) is 2.06. The van der Waals surface area contributed by atoms with Gasteiger partial charge in [-0.25, -0.2) is 0 Å². The lowest BCUT2D eigenvalue weighted by atomic mass is 9.68. The summed E-state index contributed by atoms with van der Waals surface area (Å²) >= 11 is 25.0. The Balaban J connectivity index is 2.64. The van der Waals surface area contributed by atoms with E-state index in [1.54, 1.807) is 6.92 Å². The van der Waals surface area contributed by atoms with Gasteiger partial charge in [0.2, 0.25) is 0 Å². The molecule has 0 saturated heterocycles. The van der Waals surface area contributed by atoms with Crippen molar-refractivity contribution in [3.8, 4) is 0 Å². The van der Waals surface area contributed by atoms with Crippen molar-refractivity contribution < 1.29 is 9.53 Å². The first-order valence-electron chi connectivity index (χ1n) is 8.27. The van der Waals surface area contributed by atoms with Crippen LogP contribution in [0.2, 0.25) is 0 Å². The Morgan fingerprint density at radius 2 is 1.42 bits per heavy atom. The topological polar surface area (TPSA) is 26.3 Å². The Hall–Kier alpha value is -0.930. The van der Waals surface area contributed by atoms with Crippen LogP contribution in [-0.4, -0.2) is 21.7 Å². The summed E-state index contributed by atoms with van der Waals surface area (Å²) in [5.41, 5.74) is 0.849. The normalized spacial score (nSPS) is 13.3. The number of benzene rings is 2.